The Hall–Kier alpha value is -2.30. The summed E-state index contributed by atoms with van der Waals surface area (Å²) in [6.07, 6.45) is -3.04. The molecule has 0 aliphatic carbocycles. The smallest absolute Gasteiger partial charge is 0.326 e. The van der Waals surface area contributed by atoms with Crippen molar-refractivity contribution < 1.29 is 18.0 Å². The van der Waals surface area contributed by atoms with Gasteiger partial charge in [-0.2, -0.15) is 13.2 Å². The number of rotatable bonds is 5. The molecule has 0 radical (unpaired) electrons. The number of hydrogen-bond acceptors (Lipinski definition) is 1. The highest BCUT2D eigenvalue weighted by molar-refractivity contribution is 5.92. The summed E-state index contributed by atoms with van der Waals surface area (Å²) in [4.78, 5) is 12.1. The molecule has 0 heterocycles. The van der Waals surface area contributed by atoms with Crippen molar-refractivity contribution in [3.05, 3.63) is 65.7 Å². The quantitative estimate of drug-likeness (QED) is 0.710. The Bertz CT molecular complexity index is 653. The summed E-state index contributed by atoms with van der Waals surface area (Å²) >= 11 is 0. The van der Waals surface area contributed by atoms with E-state index in [1.54, 1.807) is 6.92 Å². The second kappa shape index (κ2) is 9.87. The number of anilines is 1. The van der Waals surface area contributed by atoms with E-state index in [0.29, 0.717) is 6.42 Å². The number of carbonyl (C=O) groups is 1. The van der Waals surface area contributed by atoms with Crippen LogP contribution in [0.5, 0.6) is 0 Å². The molecule has 1 atom stereocenters. The van der Waals surface area contributed by atoms with E-state index >= 15 is 0 Å². The third-order valence-electron chi connectivity index (χ3n) is 3.61. The van der Waals surface area contributed by atoms with Gasteiger partial charge in [0.1, 0.15) is 0 Å². The largest absolute Gasteiger partial charge is 0.416 e. The molecule has 0 saturated heterocycles. The van der Waals surface area contributed by atoms with Gasteiger partial charge in [-0.1, -0.05) is 57.2 Å². The van der Waals surface area contributed by atoms with Gasteiger partial charge >= 0.3 is 6.18 Å². The first kappa shape index (κ1) is 20.7. The summed E-state index contributed by atoms with van der Waals surface area (Å²) in [6, 6.07) is 14.4. The van der Waals surface area contributed by atoms with Crippen LogP contribution in [0.3, 0.4) is 0 Å². The Balaban J connectivity index is 0.00000151. The normalized spacial score (nSPS) is 11.9. The molecule has 136 valence electrons. The molecule has 0 aliphatic heterocycles. The van der Waals surface area contributed by atoms with Gasteiger partial charge in [-0.15, -0.1) is 0 Å². The molecule has 2 aromatic carbocycles. The zero-order valence-corrected chi connectivity index (χ0v) is 14.7. The molecule has 2 aromatic rings. The van der Waals surface area contributed by atoms with Gasteiger partial charge in [0.25, 0.3) is 0 Å². The standard InChI is InChI=1S/C18H18F3NO.C2H6/c1-13(10-11-14-6-3-2-4-7-14)17(23)22-16-9-5-8-15(12-16)18(19,20)21;1-2/h2-9,12-13H,10-11H2,1H3,(H,22,23);1-2H3/t13-;/m0./s1. The fourth-order valence-corrected chi connectivity index (χ4v) is 2.20. The summed E-state index contributed by atoms with van der Waals surface area (Å²) in [6.45, 7) is 5.77. The molecule has 1 amide bonds. The molecule has 0 bridgehead atoms. The molecular formula is C20H24F3NO. The van der Waals surface area contributed by atoms with Gasteiger partial charge < -0.3 is 5.32 Å². The van der Waals surface area contributed by atoms with E-state index in [-0.39, 0.29) is 17.5 Å². The number of benzene rings is 2. The summed E-state index contributed by atoms with van der Waals surface area (Å²) in [7, 11) is 0. The average Bonchev–Trinajstić information content (AvgIpc) is 2.61. The molecule has 0 unspecified atom stereocenters. The van der Waals surface area contributed by atoms with Crippen molar-refractivity contribution in [1.82, 2.24) is 0 Å². The van der Waals surface area contributed by atoms with E-state index in [2.05, 4.69) is 5.32 Å². The lowest BCUT2D eigenvalue weighted by Gasteiger charge is -2.13. The van der Waals surface area contributed by atoms with Gasteiger partial charge in [-0.25, -0.2) is 0 Å². The summed E-state index contributed by atoms with van der Waals surface area (Å²) < 4.78 is 38.0. The van der Waals surface area contributed by atoms with E-state index in [4.69, 9.17) is 0 Å². The Kier molecular flexibility index (Phi) is 8.19. The first-order valence-electron chi connectivity index (χ1n) is 8.38. The number of alkyl halides is 3. The first-order valence-corrected chi connectivity index (χ1v) is 8.38. The molecule has 2 nitrogen and oxygen atoms in total. The van der Waals surface area contributed by atoms with Crippen molar-refractivity contribution >= 4 is 11.6 Å². The van der Waals surface area contributed by atoms with Crippen LogP contribution in [-0.4, -0.2) is 5.91 Å². The average molecular weight is 351 g/mol. The number of nitrogens with one attached hydrogen (secondary N) is 1. The minimum absolute atomic E-state index is 0.163. The highest BCUT2D eigenvalue weighted by atomic mass is 19.4. The van der Waals surface area contributed by atoms with E-state index in [1.165, 1.54) is 12.1 Å². The number of aryl methyl sites for hydroxylation is 1. The fourth-order valence-electron chi connectivity index (χ4n) is 2.20. The molecule has 0 spiro atoms. The van der Waals surface area contributed by atoms with Crippen LogP contribution in [0, 0.1) is 5.92 Å². The van der Waals surface area contributed by atoms with Crippen LogP contribution in [0.1, 0.15) is 38.3 Å². The maximum absolute atomic E-state index is 12.7. The zero-order chi connectivity index (χ0) is 18.9. The highest BCUT2D eigenvalue weighted by Crippen LogP contribution is 2.30. The van der Waals surface area contributed by atoms with Crippen molar-refractivity contribution in [3.63, 3.8) is 0 Å². The second-order valence-corrected chi connectivity index (χ2v) is 5.49. The minimum atomic E-state index is -4.42. The second-order valence-electron chi connectivity index (χ2n) is 5.49. The predicted molar refractivity (Wildman–Crippen MR) is 95.3 cm³/mol. The lowest BCUT2D eigenvalue weighted by molar-refractivity contribution is -0.137. The Labute approximate surface area is 147 Å². The van der Waals surface area contributed by atoms with Crippen molar-refractivity contribution in [1.29, 1.82) is 0 Å². The van der Waals surface area contributed by atoms with Crippen molar-refractivity contribution in [2.75, 3.05) is 5.32 Å². The molecule has 0 saturated carbocycles. The fraction of sp³-hybridized carbons (Fsp3) is 0.350. The molecule has 1 N–H and O–H groups in total. The van der Waals surface area contributed by atoms with Gasteiger partial charge in [0.05, 0.1) is 5.56 Å². The number of hydrogen-bond donors (Lipinski definition) is 1. The van der Waals surface area contributed by atoms with Crippen LogP contribution in [0.4, 0.5) is 18.9 Å². The SMILES string of the molecule is CC.C[C@@H](CCc1ccccc1)C(=O)Nc1cccc(C(F)(F)F)c1. The van der Waals surface area contributed by atoms with Crippen LogP contribution in [0.2, 0.25) is 0 Å². The van der Waals surface area contributed by atoms with Crippen LogP contribution >= 0.6 is 0 Å². The monoisotopic (exact) mass is 351 g/mol. The zero-order valence-electron chi connectivity index (χ0n) is 14.7. The molecule has 2 rings (SSSR count). The molecule has 0 aliphatic rings. The van der Waals surface area contributed by atoms with Gasteiger partial charge in [0.15, 0.2) is 0 Å². The van der Waals surface area contributed by atoms with Gasteiger partial charge in [-0.3, -0.25) is 4.79 Å². The van der Waals surface area contributed by atoms with Gasteiger partial charge in [-0.05, 0) is 36.6 Å². The maximum atomic E-state index is 12.7. The number of carbonyl (C=O) groups excluding carboxylic acids is 1. The third-order valence-corrected chi connectivity index (χ3v) is 3.61. The minimum Gasteiger partial charge on any atom is -0.326 e. The molecule has 0 aromatic heterocycles. The van der Waals surface area contributed by atoms with Crippen LogP contribution in [0.25, 0.3) is 0 Å². The molecular weight excluding hydrogens is 327 g/mol. The molecule has 5 heteroatoms. The summed E-state index contributed by atoms with van der Waals surface area (Å²) in [5.41, 5.74) is 0.523. The maximum Gasteiger partial charge on any atom is 0.416 e. The van der Waals surface area contributed by atoms with E-state index < -0.39 is 11.7 Å². The highest BCUT2D eigenvalue weighted by Gasteiger charge is 2.30. The van der Waals surface area contributed by atoms with Crippen LogP contribution in [-0.2, 0) is 17.4 Å². The molecule has 25 heavy (non-hydrogen) atoms. The van der Waals surface area contributed by atoms with E-state index in [0.717, 1.165) is 24.1 Å². The summed E-state index contributed by atoms with van der Waals surface area (Å²) in [5, 5.41) is 2.55. The van der Waals surface area contributed by atoms with Gasteiger partial charge in [0, 0.05) is 11.6 Å². The Morgan fingerprint density at radius 2 is 1.68 bits per heavy atom. The van der Waals surface area contributed by atoms with E-state index in [9.17, 15) is 18.0 Å². The lowest BCUT2D eigenvalue weighted by Crippen LogP contribution is -2.21. The Morgan fingerprint density at radius 3 is 2.28 bits per heavy atom. The van der Waals surface area contributed by atoms with Crippen LogP contribution < -0.4 is 5.32 Å². The number of halogens is 3. The first-order chi connectivity index (χ1) is 11.9. The predicted octanol–water partition coefficient (Wildman–Crippen LogP) is 5.94. The van der Waals surface area contributed by atoms with Crippen molar-refractivity contribution in [2.45, 2.75) is 39.8 Å². The van der Waals surface area contributed by atoms with Gasteiger partial charge in [0.2, 0.25) is 5.91 Å². The molecule has 0 fully saturated rings. The van der Waals surface area contributed by atoms with Crippen molar-refractivity contribution in [3.8, 4) is 0 Å². The lowest BCUT2D eigenvalue weighted by atomic mass is 10.0. The topological polar surface area (TPSA) is 29.1 Å². The number of amides is 1. The Morgan fingerprint density at radius 1 is 1.04 bits per heavy atom. The van der Waals surface area contributed by atoms with E-state index in [1.807, 2.05) is 44.2 Å². The van der Waals surface area contributed by atoms with Crippen molar-refractivity contribution in [2.24, 2.45) is 5.92 Å². The third kappa shape index (κ3) is 6.99. The van der Waals surface area contributed by atoms with Crippen LogP contribution in [0.15, 0.2) is 54.6 Å². The summed E-state index contributed by atoms with van der Waals surface area (Å²) in [5.74, 6) is -0.565.